The van der Waals surface area contributed by atoms with Crippen molar-refractivity contribution in [2.45, 2.75) is 16.6 Å². The summed E-state index contributed by atoms with van der Waals surface area (Å²) in [7, 11) is 2.13. The van der Waals surface area contributed by atoms with Crippen molar-refractivity contribution in [2.24, 2.45) is 5.92 Å². The second-order valence-corrected chi connectivity index (χ2v) is 6.08. The van der Waals surface area contributed by atoms with Crippen molar-refractivity contribution in [3.63, 3.8) is 0 Å². The van der Waals surface area contributed by atoms with Gasteiger partial charge in [-0.15, -0.1) is 11.8 Å². The zero-order valence-electron chi connectivity index (χ0n) is 9.85. The molecule has 90 valence electrons. The van der Waals surface area contributed by atoms with E-state index >= 15 is 0 Å². The van der Waals surface area contributed by atoms with E-state index in [0.717, 1.165) is 25.2 Å². The van der Waals surface area contributed by atoms with Gasteiger partial charge in [-0.25, -0.2) is 0 Å². The summed E-state index contributed by atoms with van der Waals surface area (Å²) in [6.07, 6.45) is 0.966. The van der Waals surface area contributed by atoms with E-state index in [4.69, 9.17) is 0 Å². The highest BCUT2D eigenvalue weighted by Crippen LogP contribution is 2.40. The minimum Gasteiger partial charge on any atom is -0.325 e. The van der Waals surface area contributed by atoms with Crippen LogP contribution in [0.15, 0.2) is 29.2 Å². The molecule has 3 rings (SSSR count). The quantitative estimate of drug-likeness (QED) is 0.762. The Hall–Kier alpha value is -1.00. The molecule has 0 unspecified atom stereocenters. The third-order valence-electron chi connectivity index (χ3n) is 3.52. The van der Waals surface area contributed by atoms with Crippen LogP contribution in [-0.4, -0.2) is 36.2 Å². The summed E-state index contributed by atoms with van der Waals surface area (Å²) >= 11 is 1.84. The minimum atomic E-state index is 0.156. The predicted molar refractivity (Wildman–Crippen MR) is 70.3 cm³/mol. The van der Waals surface area contributed by atoms with Gasteiger partial charge in [0.2, 0.25) is 5.91 Å². The third-order valence-corrected chi connectivity index (χ3v) is 4.91. The molecule has 0 spiro atoms. The summed E-state index contributed by atoms with van der Waals surface area (Å²) in [6.45, 7) is 2.02. The number of amides is 1. The molecule has 2 aliphatic rings. The van der Waals surface area contributed by atoms with Crippen molar-refractivity contribution >= 4 is 23.4 Å². The summed E-state index contributed by atoms with van der Waals surface area (Å²) in [5.74, 6) is 0.351. The smallest absolute Gasteiger partial charge is 0.228 e. The SMILES string of the molecule is CN1CC[C@@H]2C(=O)Nc3ccccc3S[C@H]2C1. The minimum absolute atomic E-state index is 0.156. The van der Waals surface area contributed by atoms with Crippen molar-refractivity contribution in [1.82, 2.24) is 4.90 Å². The average Bonchev–Trinajstić information content (AvgIpc) is 2.44. The second-order valence-electron chi connectivity index (χ2n) is 4.80. The average molecular weight is 248 g/mol. The van der Waals surface area contributed by atoms with Crippen molar-refractivity contribution in [2.75, 3.05) is 25.5 Å². The maximum atomic E-state index is 12.2. The van der Waals surface area contributed by atoms with Gasteiger partial charge in [0.05, 0.1) is 11.6 Å². The van der Waals surface area contributed by atoms with Gasteiger partial charge >= 0.3 is 0 Å². The van der Waals surface area contributed by atoms with E-state index in [0.29, 0.717) is 5.25 Å². The van der Waals surface area contributed by atoms with Crippen molar-refractivity contribution < 1.29 is 4.79 Å². The number of rotatable bonds is 0. The number of anilines is 1. The zero-order valence-corrected chi connectivity index (χ0v) is 10.7. The highest BCUT2D eigenvalue weighted by atomic mass is 32.2. The Morgan fingerprint density at radius 2 is 2.24 bits per heavy atom. The molecule has 2 heterocycles. The lowest BCUT2D eigenvalue weighted by molar-refractivity contribution is -0.120. The van der Waals surface area contributed by atoms with Gasteiger partial charge in [0.15, 0.2) is 0 Å². The Balaban J connectivity index is 1.94. The van der Waals surface area contributed by atoms with Crippen LogP contribution in [0.3, 0.4) is 0 Å². The Labute approximate surface area is 106 Å². The van der Waals surface area contributed by atoms with Gasteiger partial charge in [-0.2, -0.15) is 0 Å². The van der Waals surface area contributed by atoms with Crippen LogP contribution < -0.4 is 5.32 Å². The van der Waals surface area contributed by atoms with E-state index < -0.39 is 0 Å². The summed E-state index contributed by atoms with van der Waals surface area (Å²) in [5.41, 5.74) is 0.972. The highest BCUT2D eigenvalue weighted by molar-refractivity contribution is 8.00. The normalized spacial score (nSPS) is 28.9. The van der Waals surface area contributed by atoms with Crippen LogP contribution in [0.4, 0.5) is 5.69 Å². The molecule has 1 N–H and O–H groups in total. The fourth-order valence-corrected chi connectivity index (χ4v) is 4.03. The predicted octanol–water partition coefficient (Wildman–Crippen LogP) is 2.05. The van der Waals surface area contributed by atoms with Gasteiger partial charge in [-0.05, 0) is 32.1 Å². The number of hydrogen-bond donors (Lipinski definition) is 1. The monoisotopic (exact) mass is 248 g/mol. The molecular weight excluding hydrogens is 232 g/mol. The van der Waals surface area contributed by atoms with E-state index in [1.807, 2.05) is 30.0 Å². The number of benzene rings is 1. The number of nitrogens with zero attached hydrogens (tertiary/aromatic N) is 1. The standard InChI is InChI=1S/C13H16N2OS/c1-15-7-6-9-12(8-15)17-11-5-3-2-4-10(11)14-13(9)16/h2-5,9,12H,6-8H2,1H3,(H,14,16)/t9-,12-/m0/s1. The Kier molecular flexibility index (Phi) is 2.84. The molecule has 1 aromatic carbocycles. The van der Waals surface area contributed by atoms with Crippen molar-refractivity contribution in [3.05, 3.63) is 24.3 Å². The molecule has 1 amide bonds. The van der Waals surface area contributed by atoms with E-state index in [1.54, 1.807) is 0 Å². The molecule has 0 bridgehead atoms. The molecule has 0 saturated carbocycles. The second kappa shape index (κ2) is 4.35. The summed E-state index contributed by atoms with van der Waals surface area (Å²) in [4.78, 5) is 15.7. The largest absolute Gasteiger partial charge is 0.325 e. The lowest BCUT2D eigenvalue weighted by Crippen LogP contribution is -2.44. The summed E-state index contributed by atoms with van der Waals surface area (Å²) in [6, 6.07) is 8.09. The van der Waals surface area contributed by atoms with Crippen molar-refractivity contribution in [1.29, 1.82) is 0 Å². The molecule has 17 heavy (non-hydrogen) atoms. The first-order valence-electron chi connectivity index (χ1n) is 5.99. The Morgan fingerprint density at radius 1 is 1.41 bits per heavy atom. The number of nitrogens with one attached hydrogen (secondary N) is 1. The molecule has 1 aromatic rings. The van der Waals surface area contributed by atoms with Gasteiger partial charge in [0, 0.05) is 16.7 Å². The topological polar surface area (TPSA) is 32.3 Å². The molecular formula is C13H16N2OS. The Bertz CT molecular complexity index is 449. The number of fused-ring (bicyclic) bond motifs is 2. The molecule has 3 nitrogen and oxygen atoms in total. The molecule has 1 fully saturated rings. The van der Waals surface area contributed by atoms with Crippen LogP contribution >= 0.6 is 11.8 Å². The summed E-state index contributed by atoms with van der Waals surface area (Å²) in [5, 5.41) is 3.44. The number of piperidine rings is 1. The zero-order chi connectivity index (χ0) is 11.8. The first-order valence-corrected chi connectivity index (χ1v) is 6.87. The number of para-hydroxylation sites is 1. The van der Waals surface area contributed by atoms with Gasteiger partial charge in [0.25, 0.3) is 0 Å². The van der Waals surface area contributed by atoms with Gasteiger partial charge in [0.1, 0.15) is 0 Å². The van der Waals surface area contributed by atoms with Gasteiger partial charge in [-0.3, -0.25) is 4.79 Å². The van der Waals surface area contributed by atoms with E-state index in [-0.39, 0.29) is 11.8 Å². The van der Waals surface area contributed by atoms with Crippen LogP contribution in [0.1, 0.15) is 6.42 Å². The molecule has 2 atom stereocenters. The van der Waals surface area contributed by atoms with Gasteiger partial charge in [-0.1, -0.05) is 12.1 Å². The highest BCUT2D eigenvalue weighted by Gasteiger charge is 2.36. The van der Waals surface area contributed by atoms with Crippen molar-refractivity contribution in [3.8, 4) is 0 Å². The van der Waals surface area contributed by atoms with Gasteiger partial charge < -0.3 is 10.2 Å². The maximum absolute atomic E-state index is 12.2. The van der Waals surface area contributed by atoms with Crippen LogP contribution in [0, 0.1) is 5.92 Å². The number of thioether (sulfide) groups is 1. The number of carbonyl (C=O) groups excluding carboxylic acids is 1. The first kappa shape index (κ1) is 11.1. The maximum Gasteiger partial charge on any atom is 0.228 e. The molecule has 0 aromatic heterocycles. The van der Waals surface area contributed by atoms with Crippen LogP contribution in [-0.2, 0) is 4.79 Å². The molecule has 0 aliphatic carbocycles. The molecule has 0 radical (unpaired) electrons. The molecule has 2 aliphatic heterocycles. The third kappa shape index (κ3) is 2.07. The number of hydrogen-bond acceptors (Lipinski definition) is 3. The van der Waals surface area contributed by atoms with Crippen LogP contribution in [0.2, 0.25) is 0 Å². The fraction of sp³-hybridized carbons (Fsp3) is 0.462. The van der Waals surface area contributed by atoms with Crippen LogP contribution in [0.25, 0.3) is 0 Å². The summed E-state index contributed by atoms with van der Waals surface area (Å²) < 4.78 is 0. The fourth-order valence-electron chi connectivity index (χ4n) is 2.55. The van der Waals surface area contributed by atoms with E-state index in [1.165, 1.54) is 4.90 Å². The molecule has 1 saturated heterocycles. The lowest BCUT2D eigenvalue weighted by atomic mass is 9.95. The van der Waals surface area contributed by atoms with E-state index in [9.17, 15) is 4.79 Å². The molecule has 4 heteroatoms. The lowest BCUT2D eigenvalue weighted by Gasteiger charge is -2.33. The first-order chi connectivity index (χ1) is 8.24. The number of carbonyl (C=O) groups is 1. The van der Waals surface area contributed by atoms with E-state index in [2.05, 4.69) is 23.3 Å². The number of likely N-dealkylation sites (tertiary alicyclic amines) is 1. The van der Waals surface area contributed by atoms with Crippen LogP contribution in [0.5, 0.6) is 0 Å². The Morgan fingerprint density at radius 3 is 3.12 bits per heavy atom.